The fraction of sp³-hybridized carbons (Fsp3) is 0.750. The molecule has 133 valence electrons. The summed E-state index contributed by atoms with van der Waals surface area (Å²) in [5.41, 5.74) is 0. The predicted octanol–water partition coefficient (Wildman–Crippen LogP) is 1.31. The topological polar surface area (TPSA) is 69.7 Å². The molecule has 0 spiro atoms. The van der Waals surface area contributed by atoms with Crippen LogP contribution in [0.15, 0.2) is 25.3 Å². The minimum atomic E-state index is -1.75. The second-order valence-corrected chi connectivity index (χ2v) is 7.07. The molecule has 1 heterocycles. The zero-order valence-corrected chi connectivity index (χ0v) is 14.9. The molecule has 0 aliphatic carbocycles. The van der Waals surface area contributed by atoms with Gasteiger partial charge in [0.1, 0.15) is 6.10 Å². The van der Waals surface area contributed by atoms with Crippen LogP contribution in [0.3, 0.4) is 0 Å². The Balaban J connectivity index is 2.53. The first-order valence-corrected chi connectivity index (χ1v) is 9.46. The van der Waals surface area contributed by atoms with Gasteiger partial charge < -0.3 is 28.2 Å². The van der Waals surface area contributed by atoms with E-state index in [0.29, 0.717) is 45.5 Å². The number of hydrogen-bond acceptors (Lipinski definition) is 6. The quantitative estimate of drug-likeness (QED) is 0.197. The highest BCUT2D eigenvalue weighted by Crippen LogP contribution is 2.20. The van der Waals surface area contributed by atoms with Gasteiger partial charge in [0, 0.05) is 13.0 Å². The van der Waals surface area contributed by atoms with E-state index in [4.69, 9.17) is 23.4 Å². The van der Waals surface area contributed by atoms with E-state index >= 15 is 0 Å². The summed E-state index contributed by atoms with van der Waals surface area (Å²) in [5.74, 6) is 0.0697. The summed E-state index contributed by atoms with van der Waals surface area (Å²) in [6, 6.07) is 0.594. The van der Waals surface area contributed by atoms with Crippen LogP contribution >= 0.6 is 0 Å². The van der Waals surface area contributed by atoms with Crippen LogP contribution in [0.2, 0.25) is 6.04 Å². The van der Waals surface area contributed by atoms with Crippen molar-refractivity contribution in [1.82, 2.24) is 0 Å². The average molecular weight is 345 g/mol. The predicted molar refractivity (Wildman–Crippen MR) is 89.4 cm³/mol. The Hall–Kier alpha value is -0.543. The third kappa shape index (κ3) is 10.0. The fourth-order valence-electron chi connectivity index (χ4n) is 2.09. The number of hydrogen-bond donors (Lipinski definition) is 1. The maximum absolute atomic E-state index is 9.72. The lowest BCUT2D eigenvalue weighted by atomic mass is 10.0. The smallest absolute Gasteiger partial charge is 0.381 e. The molecule has 0 aromatic heterocycles. The van der Waals surface area contributed by atoms with Gasteiger partial charge in [-0.15, -0.1) is 13.2 Å². The van der Waals surface area contributed by atoms with E-state index < -0.39 is 9.28 Å². The van der Waals surface area contributed by atoms with Crippen molar-refractivity contribution < 1.29 is 28.2 Å². The number of ether oxygens (including phenoxy) is 4. The molecular formula is C16H29O6Si. The summed E-state index contributed by atoms with van der Waals surface area (Å²) in [6.07, 6.45) is 4.26. The van der Waals surface area contributed by atoms with Gasteiger partial charge in [0.25, 0.3) is 0 Å². The molecular weight excluding hydrogens is 316 g/mol. The zero-order chi connectivity index (χ0) is 16.9. The van der Waals surface area contributed by atoms with Crippen molar-refractivity contribution in [3.63, 3.8) is 0 Å². The molecule has 0 aromatic rings. The van der Waals surface area contributed by atoms with Crippen molar-refractivity contribution >= 4 is 9.28 Å². The van der Waals surface area contributed by atoms with Crippen LogP contribution in [0.25, 0.3) is 0 Å². The standard InChI is InChI=1S/C16H29O6Si/c1-4-7-19-10-14(11-20-8-5-2)16(6-9-23(17)18-3)22-13-15-12-21-15/h4-5,14-17H,1-2,6-13H2,3H3. The molecule has 1 saturated heterocycles. The van der Waals surface area contributed by atoms with Crippen molar-refractivity contribution in [2.24, 2.45) is 5.92 Å². The van der Waals surface area contributed by atoms with Gasteiger partial charge >= 0.3 is 9.28 Å². The summed E-state index contributed by atoms with van der Waals surface area (Å²) in [7, 11) is -0.226. The number of rotatable bonds is 16. The Bertz CT molecular complexity index is 310. The highest BCUT2D eigenvalue weighted by molar-refractivity contribution is 6.42. The molecule has 0 amide bonds. The summed E-state index contributed by atoms with van der Waals surface area (Å²) in [4.78, 5) is 9.72. The third-order valence-corrected chi connectivity index (χ3v) is 4.63. The first kappa shape index (κ1) is 20.5. The Morgan fingerprint density at radius 3 is 2.35 bits per heavy atom. The molecule has 1 rings (SSSR count). The van der Waals surface area contributed by atoms with Crippen molar-refractivity contribution in [3.8, 4) is 0 Å². The molecule has 0 saturated carbocycles. The minimum absolute atomic E-state index is 0.0697. The first-order valence-electron chi connectivity index (χ1n) is 7.90. The third-order valence-electron chi connectivity index (χ3n) is 3.44. The SMILES string of the molecule is C=CCOCC(COCC=C)C(CC[Si](O)OC)OCC1CO1. The summed E-state index contributed by atoms with van der Waals surface area (Å²) in [5, 5.41) is 0. The van der Waals surface area contributed by atoms with Crippen molar-refractivity contribution in [2.45, 2.75) is 24.7 Å². The molecule has 7 heteroatoms. The van der Waals surface area contributed by atoms with Crippen molar-refractivity contribution in [2.75, 3.05) is 46.8 Å². The van der Waals surface area contributed by atoms with Crippen LogP contribution in [-0.2, 0) is 23.4 Å². The van der Waals surface area contributed by atoms with Crippen LogP contribution < -0.4 is 0 Å². The van der Waals surface area contributed by atoms with Gasteiger partial charge in [0.15, 0.2) is 0 Å². The molecule has 1 N–H and O–H groups in total. The van der Waals surface area contributed by atoms with Crippen LogP contribution in [0.5, 0.6) is 0 Å². The maximum Gasteiger partial charge on any atom is 0.381 e. The van der Waals surface area contributed by atoms with Gasteiger partial charge in [0.05, 0.1) is 45.7 Å². The van der Waals surface area contributed by atoms with E-state index in [-0.39, 0.29) is 18.1 Å². The van der Waals surface area contributed by atoms with Gasteiger partial charge in [-0.3, -0.25) is 0 Å². The largest absolute Gasteiger partial charge is 0.410 e. The second kappa shape index (κ2) is 12.8. The highest BCUT2D eigenvalue weighted by atomic mass is 28.3. The molecule has 6 nitrogen and oxygen atoms in total. The summed E-state index contributed by atoms with van der Waals surface area (Å²) < 4.78 is 27.4. The van der Waals surface area contributed by atoms with Crippen LogP contribution in [-0.4, -0.2) is 73.0 Å². The fourth-order valence-corrected chi connectivity index (χ4v) is 2.82. The van der Waals surface area contributed by atoms with Crippen LogP contribution in [0.4, 0.5) is 0 Å². The van der Waals surface area contributed by atoms with Gasteiger partial charge in [-0.1, -0.05) is 12.2 Å². The Morgan fingerprint density at radius 2 is 1.87 bits per heavy atom. The van der Waals surface area contributed by atoms with Crippen LogP contribution in [0, 0.1) is 5.92 Å². The van der Waals surface area contributed by atoms with Crippen molar-refractivity contribution in [1.29, 1.82) is 0 Å². The lowest BCUT2D eigenvalue weighted by Gasteiger charge is -2.27. The molecule has 1 aliphatic heterocycles. The molecule has 0 bridgehead atoms. The van der Waals surface area contributed by atoms with E-state index in [1.54, 1.807) is 12.2 Å². The molecule has 23 heavy (non-hydrogen) atoms. The molecule has 1 aliphatic rings. The summed E-state index contributed by atoms with van der Waals surface area (Å²) >= 11 is 0. The normalized spacial score (nSPS) is 18.3. The van der Waals surface area contributed by atoms with Gasteiger partial charge in [-0.25, -0.2) is 0 Å². The van der Waals surface area contributed by atoms with Crippen molar-refractivity contribution in [3.05, 3.63) is 25.3 Å². The van der Waals surface area contributed by atoms with E-state index in [1.165, 1.54) is 7.11 Å². The zero-order valence-electron chi connectivity index (χ0n) is 13.9. The molecule has 0 aromatic carbocycles. The number of epoxide rings is 1. The monoisotopic (exact) mass is 345 g/mol. The Kier molecular flexibility index (Phi) is 11.4. The molecule has 1 radical (unpaired) electrons. The lowest BCUT2D eigenvalue weighted by Crippen LogP contribution is -2.34. The summed E-state index contributed by atoms with van der Waals surface area (Å²) in [6.45, 7) is 10.6. The van der Waals surface area contributed by atoms with Gasteiger partial charge in [0.2, 0.25) is 0 Å². The average Bonchev–Trinajstić information content (AvgIpc) is 3.38. The molecule has 1 fully saturated rings. The van der Waals surface area contributed by atoms with E-state index in [9.17, 15) is 4.80 Å². The Labute approximate surface area is 140 Å². The Morgan fingerprint density at radius 1 is 1.26 bits per heavy atom. The highest BCUT2D eigenvalue weighted by Gasteiger charge is 2.29. The van der Waals surface area contributed by atoms with E-state index in [0.717, 1.165) is 6.61 Å². The van der Waals surface area contributed by atoms with Gasteiger partial charge in [-0.2, -0.15) is 0 Å². The van der Waals surface area contributed by atoms with E-state index in [1.807, 2.05) is 0 Å². The van der Waals surface area contributed by atoms with Crippen LogP contribution in [0.1, 0.15) is 6.42 Å². The first-order chi connectivity index (χ1) is 11.2. The molecule has 2 unspecified atom stereocenters. The minimum Gasteiger partial charge on any atom is -0.410 e. The lowest BCUT2D eigenvalue weighted by molar-refractivity contribution is -0.0536. The molecule has 2 atom stereocenters. The van der Waals surface area contributed by atoms with E-state index in [2.05, 4.69) is 13.2 Å². The van der Waals surface area contributed by atoms with Gasteiger partial charge in [-0.05, 0) is 12.5 Å². The second-order valence-electron chi connectivity index (χ2n) is 5.38. The maximum atomic E-state index is 9.72.